The Hall–Kier alpha value is -1.70. The van der Waals surface area contributed by atoms with Crippen molar-refractivity contribution in [3.05, 3.63) is 12.2 Å². The lowest BCUT2D eigenvalue weighted by atomic mass is 10.0. The van der Waals surface area contributed by atoms with Gasteiger partial charge in [0.25, 0.3) is 7.82 Å². The van der Waals surface area contributed by atoms with Crippen molar-refractivity contribution in [1.29, 1.82) is 0 Å². The van der Waals surface area contributed by atoms with Gasteiger partial charge in [0.2, 0.25) is 0 Å². The standard InChI is InChI=1S/C44H83O13P/c1-4-6-8-10-12-14-16-18-19-21-23-25-27-29-31-33-41(48)57-38(35-55-58(52,53)56-36-39(46)43(50)44(51)42(49)37(3)45)34-54-40(47)32-30-28-26-24-22-20-17-15-13-11-9-7-5-2/h18-19,38-39,42-44,46,49-51H,4-17,20-36H2,1-3H3,(H,52,53)/p-1/b19-18-. The van der Waals surface area contributed by atoms with Crippen LogP contribution >= 0.6 is 7.82 Å². The Bertz CT molecular complexity index is 1090. The first-order chi connectivity index (χ1) is 27.8. The molecule has 0 fully saturated rings. The van der Waals surface area contributed by atoms with Crippen molar-refractivity contribution in [1.82, 2.24) is 0 Å². The summed E-state index contributed by atoms with van der Waals surface area (Å²) in [7, 11) is -5.17. The number of Topliss-reactive ketones (excluding diaryl/α,β-unsaturated/α-hetero) is 1. The molecule has 4 N–H and O–H groups in total. The van der Waals surface area contributed by atoms with Gasteiger partial charge in [0.1, 0.15) is 31.0 Å². The first-order valence-corrected chi connectivity index (χ1v) is 24.1. The van der Waals surface area contributed by atoms with E-state index in [4.69, 9.17) is 14.0 Å². The van der Waals surface area contributed by atoms with E-state index in [9.17, 15) is 44.3 Å². The van der Waals surface area contributed by atoms with Crippen LogP contribution in [0.15, 0.2) is 12.2 Å². The van der Waals surface area contributed by atoms with E-state index in [0.29, 0.717) is 12.8 Å². The molecule has 0 aromatic heterocycles. The van der Waals surface area contributed by atoms with Crippen molar-refractivity contribution >= 4 is 25.5 Å². The average Bonchev–Trinajstić information content (AvgIpc) is 3.20. The number of hydrogen-bond acceptors (Lipinski definition) is 13. The molecule has 342 valence electrons. The molecule has 0 rings (SSSR count). The van der Waals surface area contributed by atoms with Crippen molar-refractivity contribution in [2.75, 3.05) is 19.8 Å². The number of aliphatic hydroxyl groups excluding tert-OH is 4. The van der Waals surface area contributed by atoms with Gasteiger partial charge in [-0.1, -0.05) is 154 Å². The Morgan fingerprint density at radius 1 is 0.552 bits per heavy atom. The molecule has 58 heavy (non-hydrogen) atoms. The van der Waals surface area contributed by atoms with E-state index >= 15 is 0 Å². The summed E-state index contributed by atoms with van der Waals surface area (Å²) in [4.78, 5) is 48.9. The van der Waals surface area contributed by atoms with E-state index in [1.165, 1.54) is 96.3 Å². The van der Waals surface area contributed by atoms with Crippen LogP contribution in [0.5, 0.6) is 0 Å². The Morgan fingerprint density at radius 3 is 1.40 bits per heavy atom. The van der Waals surface area contributed by atoms with Gasteiger partial charge in [-0.3, -0.25) is 18.9 Å². The third-order valence-corrected chi connectivity index (χ3v) is 11.1. The number of aliphatic hydroxyl groups is 4. The maximum atomic E-state index is 12.7. The fourth-order valence-corrected chi connectivity index (χ4v) is 7.14. The average molecular weight is 850 g/mol. The second kappa shape index (κ2) is 38.2. The van der Waals surface area contributed by atoms with E-state index in [2.05, 4.69) is 30.5 Å². The van der Waals surface area contributed by atoms with Crippen LogP contribution in [0.3, 0.4) is 0 Å². The summed E-state index contributed by atoms with van der Waals surface area (Å²) in [6, 6.07) is 0. The van der Waals surface area contributed by atoms with Crippen LogP contribution < -0.4 is 4.89 Å². The number of rotatable bonds is 42. The molecule has 0 aliphatic carbocycles. The zero-order valence-corrected chi connectivity index (χ0v) is 37.3. The summed E-state index contributed by atoms with van der Waals surface area (Å²) >= 11 is 0. The molecule has 0 aromatic rings. The predicted molar refractivity (Wildman–Crippen MR) is 225 cm³/mol. The van der Waals surface area contributed by atoms with Crippen LogP contribution in [0.4, 0.5) is 0 Å². The molecule has 13 nitrogen and oxygen atoms in total. The normalized spacial score (nSPS) is 15.4. The minimum Gasteiger partial charge on any atom is -0.756 e. The molecule has 0 saturated carbocycles. The highest BCUT2D eigenvalue weighted by molar-refractivity contribution is 7.45. The smallest absolute Gasteiger partial charge is 0.306 e. The van der Waals surface area contributed by atoms with E-state index in [1.54, 1.807) is 0 Å². The lowest BCUT2D eigenvalue weighted by molar-refractivity contribution is -0.232. The number of hydrogen-bond donors (Lipinski definition) is 4. The van der Waals surface area contributed by atoms with Gasteiger partial charge in [0.05, 0.1) is 13.2 Å². The minimum absolute atomic E-state index is 0.0889. The van der Waals surface area contributed by atoms with Gasteiger partial charge in [-0.25, -0.2) is 0 Å². The number of ketones is 1. The fourth-order valence-electron chi connectivity index (χ4n) is 6.38. The molecular weight excluding hydrogens is 767 g/mol. The van der Waals surface area contributed by atoms with Crippen LogP contribution in [0.1, 0.15) is 201 Å². The predicted octanol–water partition coefficient (Wildman–Crippen LogP) is 8.49. The first kappa shape index (κ1) is 56.3. The second-order valence-electron chi connectivity index (χ2n) is 15.8. The summed E-state index contributed by atoms with van der Waals surface area (Å²) in [6.45, 7) is 3.16. The Labute approximate surface area is 350 Å². The molecule has 0 heterocycles. The quantitative estimate of drug-likeness (QED) is 0.0197. The summed E-state index contributed by atoms with van der Waals surface area (Å²) in [5.74, 6) is -1.98. The number of phosphoric ester groups is 1. The largest absolute Gasteiger partial charge is 0.756 e. The highest BCUT2D eigenvalue weighted by Crippen LogP contribution is 2.39. The maximum absolute atomic E-state index is 12.7. The number of ether oxygens (including phenoxy) is 2. The van der Waals surface area contributed by atoms with Gasteiger partial charge in [-0.05, 0) is 45.4 Å². The summed E-state index contributed by atoms with van der Waals surface area (Å²) in [6.07, 6.45) is 24.9. The van der Waals surface area contributed by atoms with Crippen LogP contribution in [-0.2, 0) is 37.5 Å². The van der Waals surface area contributed by atoms with Crippen molar-refractivity contribution in [2.24, 2.45) is 0 Å². The molecular formula is C44H82O13P-. The highest BCUT2D eigenvalue weighted by atomic mass is 31.2. The van der Waals surface area contributed by atoms with Crippen LogP contribution in [0.2, 0.25) is 0 Å². The zero-order chi connectivity index (χ0) is 43.3. The molecule has 6 unspecified atom stereocenters. The summed E-state index contributed by atoms with van der Waals surface area (Å²) in [5.41, 5.74) is 0. The van der Waals surface area contributed by atoms with Crippen molar-refractivity contribution in [2.45, 2.75) is 231 Å². The molecule has 14 heteroatoms. The monoisotopic (exact) mass is 850 g/mol. The topological polar surface area (TPSA) is 209 Å². The third-order valence-electron chi connectivity index (χ3n) is 10.2. The van der Waals surface area contributed by atoms with E-state index in [-0.39, 0.29) is 12.8 Å². The number of allylic oxidation sites excluding steroid dienone is 2. The number of phosphoric acid groups is 1. The molecule has 0 aromatic carbocycles. The van der Waals surface area contributed by atoms with Crippen molar-refractivity contribution < 1.29 is 62.8 Å². The second-order valence-corrected chi connectivity index (χ2v) is 17.2. The molecule has 0 saturated heterocycles. The van der Waals surface area contributed by atoms with Crippen LogP contribution in [-0.4, -0.2) is 88.5 Å². The van der Waals surface area contributed by atoms with E-state index in [1.807, 2.05) is 0 Å². The lowest BCUT2D eigenvalue weighted by Crippen LogP contribution is -2.48. The van der Waals surface area contributed by atoms with Gasteiger partial charge >= 0.3 is 11.9 Å². The van der Waals surface area contributed by atoms with Crippen LogP contribution in [0.25, 0.3) is 0 Å². The number of unbranched alkanes of at least 4 members (excludes halogenated alkanes) is 23. The highest BCUT2D eigenvalue weighted by Gasteiger charge is 2.33. The Morgan fingerprint density at radius 2 is 0.948 bits per heavy atom. The van der Waals surface area contributed by atoms with Crippen molar-refractivity contribution in [3.8, 4) is 0 Å². The maximum Gasteiger partial charge on any atom is 0.306 e. The third kappa shape index (κ3) is 34.1. The Kier molecular flexibility index (Phi) is 37.1. The van der Waals surface area contributed by atoms with Crippen molar-refractivity contribution in [3.63, 3.8) is 0 Å². The van der Waals surface area contributed by atoms with E-state index < -0.39 is 75.9 Å². The fraction of sp³-hybridized carbons (Fsp3) is 0.886. The van der Waals surface area contributed by atoms with Gasteiger partial charge in [-0.15, -0.1) is 0 Å². The zero-order valence-electron chi connectivity index (χ0n) is 36.4. The number of carbonyl (C=O) groups excluding carboxylic acids is 3. The number of carbonyl (C=O) groups is 3. The van der Waals surface area contributed by atoms with Gasteiger partial charge in [-0.2, -0.15) is 0 Å². The lowest BCUT2D eigenvalue weighted by Gasteiger charge is -2.29. The van der Waals surface area contributed by atoms with Gasteiger partial charge in [0, 0.05) is 12.8 Å². The summed E-state index contributed by atoms with van der Waals surface area (Å²) < 4.78 is 32.7. The van der Waals surface area contributed by atoms with E-state index in [0.717, 1.165) is 64.7 Å². The number of esters is 2. The minimum atomic E-state index is -5.17. The molecule has 0 radical (unpaired) electrons. The summed E-state index contributed by atoms with van der Waals surface area (Å²) in [5, 5.41) is 39.5. The Balaban J connectivity index is 4.71. The molecule has 0 aliphatic heterocycles. The molecule has 0 amide bonds. The molecule has 0 aliphatic rings. The van der Waals surface area contributed by atoms with Gasteiger partial charge < -0.3 is 43.8 Å². The molecule has 0 bridgehead atoms. The van der Waals surface area contributed by atoms with Crippen LogP contribution in [0, 0.1) is 0 Å². The SMILES string of the molecule is CCCCCCCC/C=C\CCCCCCCC(=O)OC(COC(=O)CCCCCCCCCCCCCCC)COP(=O)([O-])OCC(O)C(O)C(O)C(O)C(C)=O. The molecule has 0 spiro atoms. The van der Waals surface area contributed by atoms with Gasteiger partial charge in [0.15, 0.2) is 11.9 Å². The first-order valence-electron chi connectivity index (χ1n) is 22.7. The molecule has 6 atom stereocenters.